The maximum absolute atomic E-state index is 16.0. The zero-order valence-electron chi connectivity index (χ0n) is 26.3. The molecule has 1 amide bonds. The number of nitrogens with zero attached hydrogens (tertiary/aromatic N) is 6. The lowest BCUT2D eigenvalue weighted by atomic mass is 10.1. The molecular weight excluding hydrogens is 610 g/mol. The molecule has 2 fully saturated rings. The molecular formula is C34H36F2N6O3S. The summed E-state index contributed by atoms with van der Waals surface area (Å²) in [5.74, 6) is -0.586. The number of rotatable bonds is 7. The smallest absolute Gasteiger partial charge is 0.410 e. The van der Waals surface area contributed by atoms with E-state index in [4.69, 9.17) is 14.7 Å². The SMILES string of the molecule is CCN(c1nc(-c2ccc(F)cc2)c(C#N)s1)c1cc(C2CC2)nc2c(F)cc(N3CCN(C(=O)OC(C)(C)C)[C@H](CO)C3)cc12. The van der Waals surface area contributed by atoms with Gasteiger partial charge in [-0.3, -0.25) is 4.90 Å². The number of hydrogen-bond donors (Lipinski definition) is 1. The molecule has 240 valence electrons. The first kappa shape index (κ1) is 31.6. The van der Waals surface area contributed by atoms with Gasteiger partial charge in [0.15, 0.2) is 10.9 Å². The number of aliphatic hydroxyl groups is 1. The van der Waals surface area contributed by atoms with Crippen molar-refractivity contribution < 1.29 is 23.4 Å². The predicted molar refractivity (Wildman–Crippen MR) is 175 cm³/mol. The Morgan fingerprint density at radius 3 is 2.52 bits per heavy atom. The number of ether oxygens (including phenoxy) is 1. The minimum Gasteiger partial charge on any atom is -0.444 e. The lowest BCUT2D eigenvalue weighted by Gasteiger charge is -2.42. The highest BCUT2D eigenvalue weighted by molar-refractivity contribution is 7.16. The van der Waals surface area contributed by atoms with Crippen molar-refractivity contribution in [2.75, 3.05) is 42.6 Å². The van der Waals surface area contributed by atoms with Gasteiger partial charge in [-0.05, 0) is 83.0 Å². The molecule has 6 rings (SSSR count). The second-order valence-corrected chi connectivity index (χ2v) is 13.6. The molecule has 3 heterocycles. The molecule has 1 N–H and O–H groups in total. The number of fused-ring (bicyclic) bond motifs is 1. The number of carbonyl (C=O) groups is 1. The Hall–Kier alpha value is -4.34. The highest BCUT2D eigenvalue weighted by Crippen LogP contribution is 2.45. The third-order valence-corrected chi connectivity index (χ3v) is 9.19. The molecule has 12 heteroatoms. The molecule has 0 spiro atoms. The van der Waals surface area contributed by atoms with E-state index in [0.29, 0.717) is 58.5 Å². The molecule has 46 heavy (non-hydrogen) atoms. The maximum atomic E-state index is 16.0. The van der Waals surface area contributed by atoms with Crippen LogP contribution in [0.4, 0.5) is 30.1 Å². The van der Waals surface area contributed by atoms with Crippen LogP contribution in [0.5, 0.6) is 0 Å². The number of piperazine rings is 1. The Morgan fingerprint density at radius 1 is 1.15 bits per heavy atom. The van der Waals surface area contributed by atoms with E-state index in [0.717, 1.165) is 24.2 Å². The van der Waals surface area contributed by atoms with Gasteiger partial charge >= 0.3 is 6.09 Å². The Balaban J connectivity index is 1.40. The van der Waals surface area contributed by atoms with Crippen molar-refractivity contribution in [1.82, 2.24) is 14.9 Å². The van der Waals surface area contributed by atoms with Crippen LogP contribution in [0.1, 0.15) is 57.0 Å². The first-order chi connectivity index (χ1) is 22.0. The molecule has 2 aliphatic rings. The number of aliphatic hydroxyl groups excluding tert-OH is 1. The average molecular weight is 647 g/mol. The number of pyridine rings is 1. The summed E-state index contributed by atoms with van der Waals surface area (Å²) >= 11 is 1.23. The van der Waals surface area contributed by atoms with Gasteiger partial charge in [0.2, 0.25) is 0 Å². The summed E-state index contributed by atoms with van der Waals surface area (Å²) < 4.78 is 35.2. The fraction of sp³-hybridized carbons (Fsp3) is 0.412. The standard InChI is InChI=1S/C34H36F2N6O3S/c1-5-41(32-39-30(29(17-37)46-32)21-8-10-22(35)11-9-21)28-16-27(20-6-7-20)38-31-25(28)14-23(15-26(31)36)40-12-13-42(24(18-40)19-43)33(44)45-34(2,3)4/h8-11,14-16,20,24,43H,5-7,12-13,18-19H2,1-4H3/t24-/m0/s1. The first-order valence-corrected chi connectivity index (χ1v) is 16.2. The van der Waals surface area contributed by atoms with Crippen LogP contribution in [0, 0.1) is 23.0 Å². The van der Waals surface area contributed by atoms with Crippen LogP contribution in [0.2, 0.25) is 0 Å². The van der Waals surface area contributed by atoms with E-state index in [-0.39, 0.29) is 23.9 Å². The van der Waals surface area contributed by atoms with Crippen molar-refractivity contribution in [3.63, 3.8) is 0 Å². The van der Waals surface area contributed by atoms with E-state index in [1.54, 1.807) is 32.9 Å². The second kappa shape index (κ2) is 12.5. The number of aromatic nitrogens is 2. The van der Waals surface area contributed by atoms with Crippen molar-refractivity contribution in [3.8, 4) is 17.3 Å². The molecule has 1 aliphatic heterocycles. The van der Waals surface area contributed by atoms with Gasteiger partial charge in [-0.15, -0.1) is 0 Å². The Labute approximate surface area is 270 Å². The van der Waals surface area contributed by atoms with Crippen LogP contribution in [-0.2, 0) is 4.74 Å². The van der Waals surface area contributed by atoms with E-state index in [9.17, 15) is 19.6 Å². The number of carbonyl (C=O) groups excluding carboxylic acids is 1. The molecule has 4 aromatic rings. The number of hydrogen-bond acceptors (Lipinski definition) is 9. The van der Waals surface area contributed by atoms with Crippen LogP contribution < -0.4 is 9.80 Å². The summed E-state index contributed by atoms with van der Waals surface area (Å²) in [6, 6.07) is 12.9. The lowest BCUT2D eigenvalue weighted by molar-refractivity contribution is 0.00704. The van der Waals surface area contributed by atoms with Crippen molar-refractivity contribution in [2.45, 2.75) is 58.1 Å². The number of thiazole rings is 1. The van der Waals surface area contributed by atoms with Gasteiger partial charge in [-0.2, -0.15) is 5.26 Å². The van der Waals surface area contributed by atoms with Crippen LogP contribution in [0.25, 0.3) is 22.2 Å². The first-order valence-electron chi connectivity index (χ1n) is 15.4. The number of anilines is 3. The van der Waals surface area contributed by atoms with Crippen molar-refractivity contribution in [1.29, 1.82) is 5.26 Å². The minimum atomic E-state index is -0.672. The monoisotopic (exact) mass is 646 g/mol. The van der Waals surface area contributed by atoms with Crippen LogP contribution in [0.3, 0.4) is 0 Å². The molecule has 0 bridgehead atoms. The fourth-order valence-electron chi connectivity index (χ4n) is 5.79. The average Bonchev–Trinajstić information content (AvgIpc) is 3.80. The van der Waals surface area contributed by atoms with Crippen molar-refractivity contribution in [3.05, 3.63) is 64.7 Å². The van der Waals surface area contributed by atoms with Gasteiger partial charge in [-0.25, -0.2) is 23.5 Å². The summed E-state index contributed by atoms with van der Waals surface area (Å²) in [5, 5.41) is 21.3. The molecule has 2 aromatic heterocycles. The second-order valence-electron chi connectivity index (χ2n) is 12.7. The molecule has 1 aliphatic carbocycles. The number of amides is 1. The van der Waals surface area contributed by atoms with Gasteiger partial charge in [0, 0.05) is 54.4 Å². The number of halogens is 2. The van der Waals surface area contributed by atoms with E-state index in [1.807, 2.05) is 28.9 Å². The molecule has 9 nitrogen and oxygen atoms in total. The van der Waals surface area contributed by atoms with Gasteiger partial charge in [-0.1, -0.05) is 11.3 Å². The van der Waals surface area contributed by atoms with Gasteiger partial charge in [0.1, 0.15) is 33.6 Å². The summed E-state index contributed by atoms with van der Waals surface area (Å²) in [6.07, 6.45) is 1.48. The molecule has 1 saturated carbocycles. The van der Waals surface area contributed by atoms with E-state index in [1.165, 1.54) is 34.4 Å². The lowest BCUT2D eigenvalue weighted by Crippen LogP contribution is -2.57. The highest BCUT2D eigenvalue weighted by atomic mass is 32.1. The Bertz CT molecular complexity index is 1810. The van der Waals surface area contributed by atoms with Gasteiger partial charge < -0.3 is 19.6 Å². The summed E-state index contributed by atoms with van der Waals surface area (Å²) in [7, 11) is 0. The summed E-state index contributed by atoms with van der Waals surface area (Å²) in [5.41, 5.74) is 2.82. The molecule has 1 atom stereocenters. The van der Waals surface area contributed by atoms with Crippen molar-refractivity contribution >= 4 is 44.8 Å². The number of nitriles is 1. The molecule has 0 unspecified atom stereocenters. The quantitative estimate of drug-likeness (QED) is 0.230. The van der Waals surface area contributed by atoms with E-state index in [2.05, 4.69) is 6.07 Å². The molecule has 2 aromatic carbocycles. The number of benzene rings is 2. The molecule has 1 saturated heterocycles. The van der Waals surface area contributed by atoms with Gasteiger partial charge in [0.05, 0.1) is 18.3 Å². The van der Waals surface area contributed by atoms with Crippen LogP contribution in [0.15, 0.2) is 42.5 Å². The summed E-state index contributed by atoms with van der Waals surface area (Å²) in [4.78, 5) is 28.3. The topological polar surface area (TPSA) is 106 Å². The van der Waals surface area contributed by atoms with E-state index < -0.39 is 23.6 Å². The van der Waals surface area contributed by atoms with Crippen LogP contribution in [-0.4, -0.2) is 70.5 Å². The van der Waals surface area contributed by atoms with E-state index >= 15 is 4.39 Å². The van der Waals surface area contributed by atoms with Crippen LogP contribution >= 0.6 is 11.3 Å². The minimum absolute atomic E-state index is 0.253. The summed E-state index contributed by atoms with van der Waals surface area (Å²) in [6.45, 7) is 8.58. The highest BCUT2D eigenvalue weighted by Gasteiger charge is 2.34. The third kappa shape index (κ3) is 6.34. The predicted octanol–water partition coefficient (Wildman–Crippen LogP) is 6.96. The van der Waals surface area contributed by atoms with Gasteiger partial charge in [0.25, 0.3) is 0 Å². The maximum Gasteiger partial charge on any atom is 0.410 e. The third-order valence-electron chi connectivity index (χ3n) is 8.20. The zero-order chi connectivity index (χ0) is 32.7. The van der Waals surface area contributed by atoms with Crippen molar-refractivity contribution in [2.24, 2.45) is 0 Å². The largest absolute Gasteiger partial charge is 0.444 e. The Morgan fingerprint density at radius 2 is 1.89 bits per heavy atom. The Kier molecular flexibility index (Phi) is 8.56. The fourth-order valence-corrected chi connectivity index (χ4v) is 6.75. The normalized spacial score (nSPS) is 16.9. The zero-order valence-corrected chi connectivity index (χ0v) is 27.1. The molecule has 0 radical (unpaired) electrons.